The molecule has 1 N–H and O–H groups in total. The molecule has 2 fully saturated rings. The summed E-state index contributed by atoms with van der Waals surface area (Å²) in [5.41, 5.74) is 1.59. The summed E-state index contributed by atoms with van der Waals surface area (Å²) in [7, 11) is 3.58. The van der Waals surface area contributed by atoms with Crippen molar-refractivity contribution in [3.63, 3.8) is 0 Å². The number of benzene rings is 1. The molecule has 0 amide bonds. The van der Waals surface area contributed by atoms with E-state index in [0.717, 1.165) is 44.6 Å². The molecule has 1 aromatic carbocycles. The summed E-state index contributed by atoms with van der Waals surface area (Å²) in [6, 6.07) is 8.31. The number of nitrogens with zero attached hydrogens (tertiary/aromatic N) is 2. The van der Waals surface area contributed by atoms with Crippen LogP contribution in [0.15, 0.2) is 29.3 Å². The minimum atomic E-state index is -0.0155. The van der Waals surface area contributed by atoms with Crippen molar-refractivity contribution in [3.8, 4) is 5.75 Å². The maximum Gasteiger partial charge on any atom is 0.193 e. The fourth-order valence-electron chi connectivity index (χ4n) is 3.87. The van der Waals surface area contributed by atoms with Gasteiger partial charge < -0.3 is 19.7 Å². The van der Waals surface area contributed by atoms with E-state index >= 15 is 0 Å². The van der Waals surface area contributed by atoms with E-state index in [0.29, 0.717) is 5.41 Å². The zero-order chi connectivity index (χ0) is 17.9. The van der Waals surface area contributed by atoms with Crippen molar-refractivity contribution in [3.05, 3.63) is 29.8 Å². The predicted molar refractivity (Wildman–Crippen MR) is 117 cm³/mol. The lowest BCUT2D eigenvalue weighted by molar-refractivity contribution is 0.156. The Morgan fingerprint density at radius 1 is 1.38 bits per heavy atom. The molecule has 146 valence electrons. The molecule has 0 aliphatic carbocycles. The summed E-state index contributed by atoms with van der Waals surface area (Å²) >= 11 is 0. The van der Waals surface area contributed by atoms with Crippen LogP contribution >= 0.6 is 24.0 Å². The zero-order valence-corrected chi connectivity index (χ0v) is 18.7. The number of aliphatic imine (C=N–C) groups is 1. The fourth-order valence-corrected chi connectivity index (χ4v) is 3.87. The average Bonchev–Trinajstić information content (AvgIpc) is 3.26. The molecule has 3 rings (SSSR count). The molecule has 5 nitrogen and oxygen atoms in total. The van der Waals surface area contributed by atoms with E-state index in [1.54, 1.807) is 7.11 Å². The van der Waals surface area contributed by atoms with Crippen molar-refractivity contribution in [1.82, 2.24) is 10.2 Å². The lowest BCUT2D eigenvalue weighted by Crippen LogP contribution is -2.45. The van der Waals surface area contributed by atoms with Crippen LogP contribution in [0.25, 0.3) is 0 Å². The van der Waals surface area contributed by atoms with Crippen molar-refractivity contribution < 1.29 is 9.47 Å². The van der Waals surface area contributed by atoms with Gasteiger partial charge >= 0.3 is 0 Å². The predicted octanol–water partition coefficient (Wildman–Crippen LogP) is 3.28. The number of halogens is 1. The van der Waals surface area contributed by atoms with E-state index in [9.17, 15) is 0 Å². The molecule has 2 saturated heterocycles. The molecule has 6 heteroatoms. The molecule has 2 heterocycles. The summed E-state index contributed by atoms with van der Waals surface area (Å²) in [4.78, 5) is 6.91. The van der Waals surface area contributed by atoms with Gasteiger partial charge in [0.1, 0.15) is 5.75 Å². The first-order valence-corrected chi connectivity index (χ1v) is 9.16. The molecule has 0 radical (unpaired) electrons. The molecule has 0 saturated carbocycles. The van der Waals surface area contributed by atoms with E-state index < -0.39 is 0 Å². The molecular formula is C20H32IN3O2. The third-order valence-electron chi connectivity index (χ3n) is 5.67. The zero-order valence-electron chi connectivity index (χ0n) is 16.4. The minimum Gasteiger partial charge on any atom is -0.497 e. The van der Waals surface area contributed by atoms with Gasteiger partial charge in [0.15, 0.2) is 5.96 Å². The molecule has 0 aromatic heterocycles. The number of guanidine groups is 1. The first-order chi connectivity index (χ1) is 12.0. The van der Waals surface area contributed by atoms with Crippen LogP contribution in [0.4, 0.5) is 0 Å². The molecule has 1 spiro atoms. The highest BCUT2D eigenvalue weighted by atomic mass is 127. The van der Waals surface area contributed by atoms with E-state index in [1.165, 1.54) is 18.4 Å². The number of methoxy groups -OCH3 is 1. The van der Waals surface area contributed by atoms with Gasteiger partial charge in [-0.3, -0.25) is 4.99 Å². The Bertz CT molecular complexity index is 627. The van der Waals surface area contributed by atoms with Gasteiger partial charge in [0.05, 0.1) is 13.7 Å². The van der Waals surface area contributed by atoms with Crippen LogP contribution in [-0.2, 0) is 10.2 Å². The Morgan fingerprint density at radius 2 is 2.19 bits per heavy atom. The molecule has 1 aromatic rings. The number of hydrogen-bond acceptors (Lipinski definition) is 3. The van der Waals surface area contributed by atoms with Crippen LogP contribution in [0.3, 0.4) is 0 Å². The van der Waals surface area contributed by atoms with E-state index in [1.807, 2.05) is 13.1 Å². The Morgan fingerprint density at radius 3 is 2.85 bits per heavy atom. The van der Waals surface area contributed by atoms with Crippen LogP contribution < -0.4 is 10.1 Å². The lowest BCUT2D eigenvalue weighted by Gasteiger charge is -2.30. The van der Waals surface area contributed by atoms with Crippen LogP contribution in [-0.4, -0.2) is 57.9 Å². The summed E-state index contributed by atoms with van der Waals surface area (Å²) in [5.74, 6) is 1.90. The number of ether oxygens (including phenoxy) is 2. The van der Waals surface area contributed by atoms with Gasteiger partial charge in [-0.2, -0.15) is 0 Å². The van der Waals surface area contributed by atoms with E-state index in [4.69, 9.17) is 9.47 Å². The van der Waals surface area contributed by atoms with Gasteiger partial charge in [0.25, 0.3) is 0 Å². The summed E-state index contributed by atoms with van der Waals surface area (Å²) in [6.07, 6.45) is 2.38. The number of hydrogen-bond donors (Lipinski definition) is 1. The SMILES string of the molecule is CN=C(NCC(C)(C)c1cccc(OC)c1)N1CCC2(CCOC2)C1.I. The third-order valence-corrected chi connectivity index (χ3v) is 5.67. The van der Waals surface area contributed by atoms with Crippen LogP contribution in [0, 0.1) is 5.41 Å². The number of rotatable bonds is 4. The Labute approximate surface area is 174 Å². The third kappa shape index (κ3) is 4.63. The van der Waals surface area contributed by atoms with Crippen molar-refractivity contribution in [2.75, 3.05) is 47.0 Å². The lowest BCUT2D eigenvalue weighted by atomic mass is 9.84. The van der Waals surface area contributed by atoms with Crippen molar-refractivity contribution >= 4 is 29.9 Å². The number of nitrogens with one attached hydrogen (secondary N) is 1. The second kappa shape index (κ2) is 8.78. The smallest absolute Gasteiger partial charge is 0.193 e. The van der Waals surface area contributed by atoms with E-state index in [2.05, 4.69) is 47.3 Å². The first kappa shape index (κ1) is 21.3. The molecule has 2 aliphatic rings. The van der Waals surface area contributed by atoms with Gasteiger partial charge in [0.2, 0.25) is 0 Å². The van der Waals surface area contributed by atoms with Gasteiger partial charge in [-0.05, 0) is 30.5 Å². The molecule has 1 atom stereocenters. The quantitative estimate of drug-likeness (QED) is 0.414. The van der Waals surface area contributed by atoms with Crippen LogP contribution in [0.5, 0.6) is 5.75 Å². The molecule has 0 bridgehead atoms. The Hall–Kier alpha value is -1.02. The highest BCUT2D eigenvalue weighted by Crippen LogP contribution is 2.38. The maximum atomic E-state index is 5.64. The second-order valence-corrected chi connectivity index (χ2v) is 7.99. The highest BCUT2D eigenvalue weighted by Gasteiger charge is 2.42. The maximum absolute atomic E-state index is 5.64. The summed E-state index contributed by atoms with van der Waals surface area (Å²) in [5, 5.41) is 3.59. The van der Waals surface area contributed by atoms with Crippen LogP contribution in [0.1, 0.15) is 32.3 Å². The fraction of sp³-hybridized carbons (Fsp3) is 0.650. The first-order valence-electron chi connectivity index (χ1n) is 9.16. The monoisotopic (exact) mass is 473 g/mol. The Kier molecular flexibility index (Phi) is 7.19. The van der Waals surface area contributed by atoms with Crippen molar-refractivity contribution in [2.45, 2.75) is 32.1 Å². The van der Waals surface area contributed by atoms with Gasteiger partial charge in [-0.25, -0.2) is 0 Å². The topological polar surface area (TPSA) is 46.1 Å². The summed E-state index contributed by atoms with van der Waals surface area (Å²) in [6.45, 7) is 9.23. The minimum absolute atomic E-state index is 0. The highest BCUT2D eigenvalue weighted by molar-refractivity contribution is 14.0. The van der Waals surface area contributed by atoms with Crippen molar-refractivity contribution in [1.29, 1.82) is 0 Å². The molecule has 1 unspecified atom stereocenters. The molecule has 26 heavy (non-hydrogen) atoms. The van der Waals surface area contributed by atoms with Gasteiger partial charge in [-0.1, -0.05) is 26.0 Å². The average molecular weight is 473 g/mol. The van der Waals surface area contributed by atoms with Gasteiger partial charge in [-0.15, -0.1) is 24.0 Å². The standard InChI is InChI=1S/C20H31N3O2.HI/c1-19(2,16-6-5-7-17(12-16)24-4)13-22-18(21-3)23-10-8-20(14-23)9-11-25-15-20;/h5-7,12H,8-11,13-15H2,1-4H3,(H,21,22);1H. The second-order valence-electron chi connectivity index (χ2n) is 7.99. The Balaban J connectivity index is 0.00000243. The van der Waals surface area contributed by atoms with Gasteiger partial charge in [0, 0.05) is 44.1 Å². The van der Waals surface area contributed by atoms with Crippen LogP contribution in [0.2, 0.25) is 0 Å². The number of likely N-dealkylation sites (tertiary alicyclic amines) is 1. The summed E-state index contributed by atoms with van der Waals surface area (Å²) < 4.78 is 11.0. The normalized spacial score (nSPS) is 23.2. The molecule has 2 aliphatic heterocycles. The largest absolute Gasteiger partial charge is 0.497 e. The van der Waals surface area contributed by atoms with E-state index in [-0.39, 0.29) is 29.4 Å². The van der Waals surface area contributed by atoms with Crippen molar-refractivity contribution in [2.24, 2.45) is 10.4 Å². The molecular weight excluding hydrogens is 441 g/mol.